The predicted octanol–water partition coefficient (Wildman–Crippen LogP) is 4.45. The highest BCUT2D eigenvalue weighted by Crippen LogP contribution is 2.44. The zero-order valence-electron chi connectivity index (χ0n) is 19.7. The molecule has 1 fully saturated rings. The van der Waals surface area contributed by atoms with Gasteiger partial charge in [-0.3, -0.25) is 9.59 Å². The van der Waals surface area contributed by atoms with Gasteiger partial charge in [0.05, 0.1) is 5.92 Å². The third kappa shape index (κ3) is 4.52. The van der Waals surface area contributed by atoms with Crippen molar-refractivity contribution in [1.29, 1.82) is 0 Å². The molecule has 1 saturated carbocycles. The van der Waals surface area contributed by atoms with E-state index in [1.165, 1.54) is 0 Å². The van der Waals surface area contributed by atoms with Gasteiger partial charge in [0.25, 0.3) is 0 Å². The number of carboxylic acid groups (broad SMARTS) is 1. The van der Waals surface area contributed by atoms with Crippen LogP contribution in [0.4, 0.5) is 4.79 Å². The van der Waals surface area contributed by atoms with E-state index in [0.717, 1.165) is 22.3 Å². The monoisotopic (exact) mass is 464 g/mol. The van der Waals surface area contributed by atoms with E-state index in [-0.39, 0.29) is 24.5 Å². The molecule has 0 bridgehead atoms. The van der Waals surface area contributed by atoms with Crippen LogP contribution in [0.25, 0.3) is 11.1 Å². The maximum Gasteiger partial charge on any atom is 0.408 e. The number of hydrogen-bond donors (Lipinski definition) is 3. The minimum atomic E-state index is -1.11. The molecule has 2 aliphatic rings. The van der Waals surface area contributed by atoms with Gasteiger partial charge in [-0.2, -0.15) is 0 Å². The van der Waals surface area contributed by atoms with Crippen molar-refractivity contribution >= 4 is 18.0 Å². The van der Waals surface area contributed by atoms with E-state index in [1.807, 2.05) is 38.1 Å². The van der Waals surface area contributed by atoms with Crippen LogP contribution in [0.1, 0.15) is 63.0 Å². The molecule has 7 nitrogen and oxygen atoms in total. The van der Waals surface area contributed by atoms with Gasteiger partial charge in [0.15, 0.2) is 0 Å². The molecular formula is C27H32N2O5. The van der Waals surface area contributed by atoms with Crippen LogP contribution in [0.5, 0.6) is 0 Å². The van der Waals surface area contributed by atoms with Crippen molar-refractivity contribution in [1.82, 2.24) is 10.6 Å². The van der Waals surface area contributed by atoms with Gasteiger partial charge in [0.1, 0.15) is 12.1 Å². The van der Waals surface area contributed by atoms with Crippen LogP contribution in [-0.2, 0) is 14.3 Å². The van der Waals surface area contributed by atoms with E-state index >= 15 is 0 Å². The number of aliphatic carboxylic acids is 1. The fourth-order valence-corrected chi connectivity index (χ4v) is 5.29. The van der Waals surface area contributed by atoms with E-state index in [2.05, 4.69) is 34.9 Å². The Kier molecular flexibility index (Phi) is 6.91. The highest BCUT2D eigenvalue weighted by Gasteiger charge is 2.40. The fraction of sp³-hybridized carbons (Fsp3) is 0.444. The number of ether oxygens (including phenoxy) is 1. The second-order valence-corrected chi connectivity index (χ2v) is 9.26. The minimum absolute atomic E-state index is 0.0592. The van der Waals surface area contributed by atoms with Crippen LogP contribution in [-0.4, -0.2) is 41.3 Å². The summed E-state index contributed by atoms with van der Waals surface area (Å²) in [6.45, 7) is 3.87. The molecule has 2 aliphatic carbocycles. The van der Waals surface area contributed by atoms with E-state index < -0.39 is 23.5 Å². The van der Waals surface area contributed by atoms with Crippen molar-refractivity contribution in [3.8, 4) is 11.1 Å². The van der Waals surface area contributed by atoms with Gasteiger partial charge in [-0.25, -0.2) is 4.79 Å². The average molecular weight is 465 g/mol. The Morgan fingerprint density at radius 3 is 2.09 bits per heavy atom. The van der Waals surface area contributed by atoms with Gasteiger partial charge in [-0.05, 0) is 54.4 Å². The molecule has 3 N–H and O–H groups in total. The van der Waals surface area contributed by atoms with Crippen molar-refractivity contribution in [3.63, 3.8) is 0 Å². The highest BCUT2D eigenvalue weighted by molar-refractivity contribution is 5.90. The molecule has 2 aromatic carbocycles. The first-order chi connectivity index (χ1) is 16.4. The van der Waals surface area contributed by atoms with E-state index in [1.54, 1.807) is 0 Å². The average Bonchev–Trinajstić information content (AvgIpc) is 3.44. The molecule has 0 spiro atoms. The van der Waals surface area contributed by atoms with Crippen LogP contribution in [0, 0.1) is 5.92 Å². The number of amides is 2. The Morgan fingerprint density at radius 2 is 1.56 bits per heavy atom. The van der Waals surface area contributed by atoms with Crippen molar-refractivity contribution in [2.75, 3.05) is 6.61 Å². The van der Waals surface area contributed by atoms with Crippen LogP contribution in [0.3, 0.4) is 0 Å². The Hall–Kier alpha value is -3.35. The largest absolute Gasteiger partial charge is 0.481 e. The fourth-order valence-electron chi connectivity index (χ4n) is 5.29. The molecular weight excluding hydrogens is 432 g/mol. The summed E-state index contributed by atoms with van der Waals surface area (Å²) in [5.74, 6) is -1.61. The molecule has 0 aromatic heterocycles. The second kappa shape index (κ2) is 9.87. The number of carbonyl (C=O) groups is 3. The molecule has 34 heavy (non-hydrogen) atoms. The molecule has 2 amide bonds. The number of benzene rings is 2. The molecule has 7 heteroatoms. The number of alkyl carbamates (subject to hydrolysis) is 1. The minimum Gasteiger partial charge on any atom is -0.481 e. The maximum absolute atomic E-state index is 13.2. The zero-order chi connectivity index (χ0) is 24.3. The number of carbonyl (C=O) groups excluding carboxylic acids is 2. The van der Waals surface area contributed by atoms with Crippen LogP contribution < -0.4 is 10.6 Å². The Bertz CT molecular complexity index is 1030. The van der Waals surface area contributed by atoms with Gasteiger partial charge in [0, 0.05) is 12.0 Å². The lowest BCUT2D eigenvalue weighted by atomic mass is 9.91. The van der Waals surface area contributed by atoms with Gasteiger partial charge in [-0.15, -0.1) is 0 Å². The smallest absolute Gasteiger partial charge is 0.408 e. The number of carboxylic acids is 1. The summed E-state index contributed by atoms with van der Waals surface area (Å²) < 4.78 is 5.66. The van der Waals surface area contributed by atoms with Crippen LogP contribution in [0.2, 0.25) is 0 Å². The normalized spacial score (nSPS) is 19.2. The van der Waals surface area contributed by atoms with Gasteiger partial charge in [-0.1, -0.05) is 62.4 Å². The number of hydrogen-bond acceptors (Lipinski definition) is 4. The molecule has 2 atom stereocenters. The number of nitrogens with one attached hydrogen (secondary N) is 2. The lowest BCUT2D eigenvalue weighted by molar-refractivity contribution is -0.141. The summed E-state index contributed by atoms with van der Waals surface area (Å²) in [7, 11) is 0. The van der Waals surface area contributed by atoms with Crippen molar-refractivity contribution in [2.24, 2.45) is 5.92 Å². The van der Waals surface area contributed by atoms with Crippen LogP contribution in [0.15, 0.2) is 48.5 Å². The highest BCUT2D eigenvalue weighted by atomic mass is 16.5. The second-order valence-electron chi connectivity index (χ2n) is 9.26. The van der Waals surface area contributed by atoms with E-state index in [0.29, 0.717) is 32.1 Å². The SMILES string of the molecule is CCC(CC)(NC(=O)OCC1c2ccccc2-c2ccccc21)C(=O)NC1CCC(C(=O)O)C1. The predicted molar refractivity (Wildman–Crippen MR) is 128 cm³/mol. The summed E-state index contributed by atoms with van der Waals surface area (Å²) in [4.78, 5) is 37.2. The molecule has 4 rings (SSSR count). The first-order valence-corrected chi connectivity index (χ1v) is 12.1. The Balaban J connectivity index is 1.41. The molecule has 0 saturated heterocycles. The zero-order valence-corrected chi connectivity index (χ0v) is 19.7. The Labute approximate surface area is 199 Å². The molecule has 0 heterocycles. The molecule has 0 radical (unpaired) electrons. The Morgan fingerprint density at radius 1 is 0.971 bits per heavy atom. The van der Waals surface area contributed by atoms with Crippen LogP contribution >= 0.6 is 0 Å². The number of rotatable bonds is 8. The first-order valence-electron chi connectivity index (χ1n) is 12.1. The number of fused-ring (bicyclic) bond motifs is 3. The maximum atomic E-state index is 13.2. The summed E-state index contributed by atoms with van der Waals surface area (Å²) in [6.07, 6.45) is 1.75. The summed E-state index contributed by atoms with van der Waals surface area (Å²) in [5.41, 5.74) is 3.45. The van der Waals surface area contributed by atoms with E-state index in [4.69, 9.17) is 4.74 Å². The summed E-state index contributed by atoms with van der Waals surface area (Å²) in [5, 5.41) is 15.0. The third-order valence-electron chi connectivity index (χ3n) is 7.44. The quantitative estimate of drug-likeness (QED) is 0.535. The molecule has 2 unspecified atom stereocenters. The van der Waals surface area contributed by atoms with Crippen molar-refractivity contribution in [3.05, 3.63) is 59.7 Å². The van der Waals surface area contributed by atoms with Gasteiger partial charge < -0.3 is 20.5 Å². The lowest BCUT2D eigenvalue weighted by Gasteiger charge is -2.32. The summed E-state index contributed by atoms with van der Waals surface area (Å²) in [6, 6.07) is 16.1. The topological polar surface area (TPSA) is 105 Å². The van der Waals surface area contributed by atoms with Crippen molar-refractivity contribution in [2.45, 2.75) is 63.5 Å². The first kappa shape index (κ1) is 23.8. The molecule has 2 aromatic rings. The molecule has 180 valence electrons. The van der Waals surface area contributed by atoms with Gasteiger partial charge >= 0.3 is 12.1 Å². The third-order valence-corrected chi connectivity index (χ3v) is 7.44. The molecule has 0 aliphatic heterocycles. The van der Waals surface area contributed by atoms with Crippen molar-refractivity contribution < 1.29 is 24.2 Å². The van der Waals surface area contributed by atoms with E-state index in [9.17, 15) is 19.5 Å². The standard InChI is InChI=1S/C27H32N2O5/c1-3-27(4-2,25(32)28-18-14-13-17(15-18)24(30)31)29-26(33)34-16-23-21-11-7-5-9-19(21)20-10-6-8-12-22(20)23/h5-12,17-18,23H,3-4,13-16H2,1-2H3,(H,28,32)(H,29,33)(H,30,31). The summed E-state index contributed by atoms with van der Waals surface area (Å²) >= 11 is 0. The lowest BCUT2D eigenvalue weighted by Crippen LogP contribution is -2.59. The van der Waals surface area contributed by atoms with Gasteiger partial charge in [0.2, 0.25) is 5.91 Å².